The Morgan fingerprint density at radius 1 is 1.19 bits per heavy atom. The van der Waals surface area contributed by atoms with Gasteiger partial charge in [0.15, 0.2) is 0 Å². The van der Waals surface area contributed by atoms with Crippen LogP contribution in [0.1, 0.15) is 11.1 Å². The summed E-state index contributed by atoms with van der Waals surface area (Å²) in [7, 11) is 1.64. The Hall–Kier alpha value is -1.58. The lowest BCUT2D eigenvalue weighted by Crippen LogP contribution is -2.20. The number of hydrogen-bond acceptors (Lipinski definition) is 2. The molecule has 0 fully saturated rings. The van der Waals surface area contributed by atoms with E-state index in [0.29, 0.717) is 18.5 Å². The second kappa shape index (κ2) is 7.43. The van der Waals surface area contributed by atoms with Gasteiger partial charge in [0.05, 0.1) is 12.1 Å². The molecule has 0 spiro atoms. The van der Waals surface area contributed by atoms with Crippen LogP contribution in [0.5, 0.6) is 5.75 Å². The quantitative estimate of drug-likeness (QED) is 0.880. The number of hydrogen-bond donors (Lipinski definition) is 1. The van der Waals surface area contributed by atoms with Gasteiger partial charge < -0.3 is 10.5 Å². The van der Waals surface area contributed by atoms with Gasteiger partial charge >= 0.3 is 0 Å². The normalized spacial score (nSPS) is 12.2. The van der Waals surface area contributed by atoms with E-state index in [2.05, 4.69) is 0 Å². The fourth-order valence-corrected chi connectivity index (χ4v) is 2.58. The first-order valence-electron chi connectivity index (χ1n) is 6.90. The van der Waals surface area contributed by atoms with E-state index >= 15 is 0 Å². The predicted molar refractivity (Wildman–Crippen MR) is 84.4 cm³/mol. The van der Waals surface area contributed by atoms with Crippen molar-refractivity contribution in [2.24, 2.45) is 11.7 Å². The van der Waals surface area contributed by atoms with E-state index in [-0.39, 0.29) is 16.8 Å². The lowest BCUT2D eigenvalue weighted by molar-refractivity contribution is 0.413. The Morgan fingerprint density at radius 2 is 1.95 bits per heavy atom. The molecule has 2 aromatic rings. The van der Waals surface area contributed by atoms with Gasteiger partial charge in [-0.1, -0.05) is 35.9 Å². The minimum atomic E-state index is -0.344. The van der Waals surface area contributed by atoms with Gasteiger partial charge in [-0.15, -0.1) is 0 Å². The molecule has 0 bridgehead atoms. The van der Waals surface area contributed by atoms with E-state index in [0.717, 1.165) is 17.7 Å². The van der Waals surface area contributed by atoms with E-state index in [4.69, 9.17) is 22.1 Å². The van der Waals surface area contributed by atoms with Gasteiger partial charge in [0, 0.05) is 0 Å². The fourth-order valence-electron chi connectivity index (χ4n) is 2.39. The number of nitrogens with two attached hydrogens (primary N) is 1. The summed E-state index contributed by atoms with van der Waals surface area (Å²) >= 11 is 5.82. The molecule has 0 saturated carbocycles. The molecule has 0 radical (unpaired) electrons. The largest absolute Gasteiger partial charge is 0.497 e. The second-order valence-electron chi connectivity index (χ2n) is 5.07. The molecule has 4 heteroatoms. The molecule has 0 aromatic heterocycles. The highest BCUT2D eigenvalue weighted by atomic mass is 35.5. The molecule has 0 amide bonds. The summed E-state index contributed by atoms with van der Waals surface area (Å²) in [4.78, 5) is 0. The zero-order valence-corrected chi connectivity index (χ0v) is 12.7. The first-order valence-corrected chi connectivity index (χ1v) is 7.27. The second-order valence-corrected chi connectivity index (χ2v) is 5.48. The number of methoxy groups -OCH3 is 1. The molecule has 1 unspecified atom stereocenters. The van der Waals surface area contributed by atoms with Crippen LogP contribution in [0.25, 0.3) is 0 Å². The molecule has 0 aliphatic heterocycles. The van der Waals surface area contributed by atoms with Gasteiger partial charge in [0.1, 0.15) is 11.6 Å². The summed E-state index contributed by atoms with van der Waals surface area (Å²) in [6.07, 6.45) is 1.35. The Balaban J connectivity index is 2.11. The van der Waals surface area contributed by atoms with Crippen molar-refractivity contribution in [3.05, 3.63) is 64.4 Å². The number of benzene rings is 2. The minimum Gasteiger partial charge on any atom is -0.497 e. The van der Waals surface area contributed by atoms with Crippen molar-refractivity contribution in [3.8, 4) is 5.75 Å². The molecule has 1 atom stereocenters. The van der Waals surface area contributed by atoms with Crippen molar-refractivity contribution >= 4 is 11.6 Å². The fraction of sp³-hybridized carbons (Fsp3) is 0.294. The Morgan fingerprint density at radius 3 is 2.67 bits per heavy atom. The number of halogens is 2. The first kappa shape index (κ1) is 15.8. The van der Waals surface area contributed by atoms with Gasteiger partial charge in [0.25, 0.3) is 0 Å². The zero-order valence-electron chi connectivity index (χ0n) is 12.0. The van der Waals surface area contributed by atoms with Crippen LogP contribution in [0.3, 0.4) is 0 Å². The van der Waals surface area contributed by atoms with Gasteiger partial charge in [-0.05, 0) is 54.6 Å². The molecule has 2 aromatic carbocycles. The zero-order chi connectivity index (χ0) is 15.2. The maximum absolute atomic E-state index is 14.0. The third kappa shape index (κ3) is 4.19. The minimum absolute atomic E-state index is 0.157. The highest BCUT2D eigenvalue weighted by Gasteiger charge is 2.14. The van der Waals surface area contributed by atoms with Crippen molar-refractivity contribution in [1.29, 1.82) is 0 Å². The third-order valence-corrected chi connectivity index (χ3v) is 3.82. The van der Waals surface area contributed by atoms with Gasteiger partial charge in [-0.2, -0.15) is 0 Å². The summed E-state index contributed by atoms with van der Waals surface area (Å²) in [5.74, 6) is 0.630. The Labute approximate surface area is 129 Å². The first-order chi connectivity index (χ1) is 10.1. The molecule has 0 aliphatic carbocycles. The van der Waals surface area contributed by atoms with Crippen molar-refractivity contribution in [1.82, 2.24) is 0 Å². The van der Waals surface area contributed by atoms with Crippen molar-refractivity contribution < 1.29 is 9.13 Å². The molecule has 0 heterocycles. The average molecular weight is 308 g/mol. The Bertz CT molecular complexity index is 603. The topological polar surface area (TPSA) is 35.2 Å². The van der Waals surface area contributed by atoms with E-state index in [9.17, 15) is 4.39 Å². The standard InChI is InChI=1S/C17H19ClFNO/c1-21-15-6-2-4-12(10-15)8-13(11-20)9-14-5-3-7-16(18)17(14)19/h2-7,10,13H,8-9,11,20H2,1H3. The van der Waals surface area contributed by atoms with E-state index in [1.807, 2.05) is 24.3 Å². The van der Waals surface area contributed by atoms with Crippen LogP contribution >= 0.6 is 11.6 Å². The van der Waals surface area contributed by atoms with Crippen molar-refractivity contribution in [2.75, 3.05) is 13.7 Å². The summed E-state index contributed by atoms with van der Waals surface area (Å²) in [6.45, 7) is 0.489. The summed E-state index contributed by atoms with van der Waals surface area (Å²) < 4.78 is 19.2. The monoisotopic (exact) mass is 307 g/mol. The van der Waals surface area contributed by atoms with Crippen LogP contribution in [0.4, 0.5) is 4.39 Å². The summed E-state index contributed by atoms with van der Waals surface area (Å²) in [5.41, 5.74) is 7.58. The van der Waals surface area contributed by atoms with Crippen LogP contribution in [-0.2, 0) is 12.8 Å². The van der Waals surface area contributed by atoms with Crippen LogP contribution in [0.15, 0.2) is 42.5 Å². The van der Waals surface area contributed by atoms with Crippen LogP contribution in [0.2, 0.25) is 5.02 Å². The van der Waals surface area contributed by atoms with E-state index in [1.165, 1.54) is 0 Å². The maximum Gasteiger partial charge on any atom is 0.144 e. The molecule has 2 N–H and O–H groups in total. The van der Waals surface area contributed by atoms with E-state index in [1.54, 1.807) is 25.3 Å². The molecule has 21 heavy (non-hydrogen) atoms. The van der Waals surface area contributed by atoms with Crippen LogP contribution in [0, 0.1) is 11.7 Å². The van der Waals surface area contributed by atoms with Crippen molar-refractivity contribution in [3.63, 3.8) is 0 Å². The molecule has 0 aliphatic rings. The number of rotatable bonds is 6. The average Bonchev–Trinajstić information content (AvgIpc) is 2.51. The summed E-state index contributed by atoms with van der Waals surface area (Å²) in [5, 5.41) is 0.157. The van der Waals surface area contributed by atoms with Crippen LogP contribution in [-0.4, -0.2) is 13.7 Å². The van der Waals surface area contributed by atoms with Crippen molar-refractivity contribution in [2.45, 2.75) is 12.8 Å². The smallest absolute Gasteiger partial charge is 0.144 e. The molecule has 0 saturated heterocycles. The highest BCUT2D eigenvalue weighted by Crippen LogP contribution is 2.23. The van der Waals surface area contributed by atoms with Gasteiger partial charge in [0.2, 0.25) is 0 Å². The summed E-state index contributed by atoms with van der Waals surface area (Å²) in [6, 6.07) is 12.9. The van der Waals surface area contributed by atoms with Gasteiger partial charge in [-0.25, -0.2) is 4.39 Å². The third-order valence-electron chi connectivity index (χ3n) is 3.53. The molecular weight excluding hydrogens is 289 g/mol. The molecule has 112 valence electrons. The van der Waals surface area contributed by atoms with E-state index < -0.39 is 0 Å². The lowest BCUT2D eigenvalue weighted by atomic mass is 9.92. The number of ether oxygens (including phenoxy) is 1. The SMILES string of the molecule is COc1cccc(CC(CN)Cc2cccc(Cl)c2F)c1. The molecule has 2 nitrogen and oxygen atoms in total. The molecule has 2 rings (SSSR count). The highest BCUT2D eigenvalue weighted by molar-refractivity contribution is 6.30. The lowest BCUT2D eigenvalue weighted by Gasteiger charge is -2.16. The molecular formula is C17H19ClFNO. The van der Waals surface area contributed by atoms with Crippen LogP contribution < -0.4 is 10.5 Å². The predicted octanol–water partition coefficient (Wildman–Crippen LogP) is 3.85. The Kier molecular flexibility index (Phi) is 5.59. The maximum atomic E-state index is 14.0. The van der Waals surface area contributed by atoms with Gasteiger partial charge in [-0.3, -0.25) is 0 Å².